The number of carbonyl (C=O) groups is 1. The first-order chi connectivity index (χ1) is 14.9. The summed E-state index contributed by atoms with van der Waals surface area (Å²) >= 11 is 0. The molecule has 0 bridgehead atoms. The Bertz CT molecular complexity index is 1070. The average Bonchev–Trinajstić information content (AvgIpc) is 3.26. The number of rotatable bonds is 2. The Labute approximate surface area is 179 Å². The van der Waals surface area contributed by atoms with Gasteiger partial charge in [0, 0.05) is 32.0 Å². The predicted molar refractivity (Wildman–Crippen MR) is 108 cm³/mol. The van der Waals surface area contributed by atoms with E-state index < -0.39 is 17.2 Å². The fourth-order valence-corrected chi connectivity index (χ4v) is 5.08. The normalized spacial score (nSPS) is 24.5. The zero-order chi connectivity index (χ0) is 21.8. The summed E-state index contributed by atoms with van der Waals surface area (Å²) in [6, 6.07) is 8.78. The molecule has 2 aromatic rings. The first-order valence-electron chi connectivity index (χ1n) is 10.5. The number of fused-ring (bicyclic) bond motifs is 1. The van der Waals surface area contributed by atoms with Gasteiger partial charge in [0.2, 0.25) is 0 Å². The standard InChI is InChI=1S/C23H22F2N4O2/c1-14-15(13-26)2-4-20(27-14)28-8-6-23(7-9-28)22(30)29-19(3-5-21(29)31-23)16-10-17(24)12-18(25)11-16/h2,4,10-12,19,21H,3,5-9H2,1H3. The number of halogens is 2. The van der Waals surface area contributed by atoms with Crippen molar-refractivity contribution in [1.82, 2.24) is 9.88 Å². The zero-order valence-electron chi connectivity index (χ0n) is 17.1. The lowest BCUT2D eigenvalue weighted by atomic mass is 9.89. The molecule has 0 radical (unpaired) electrons. The lowest BCUT2D eigenvalue weighted by Gasteiger charge is -2.38. The van der Waals surface area contributed by atoms with E-state index in [0.717, 1.165) is 11.9 Å². The number of pyridine rings is 1. The highest BCUT2D eigenvalue weighted by atomic mass is 19.1. The molecule has 1 amide bonds. The van der Waals surface area contributed by atoms with Crippen molar-refractivity contribution in [3.63, 3.8) is 0 Å². The van der Waals surface area contributed by atoms with E-state index in [2.05, 4.69) is 16.0 Å². The largest absolute Gasteiger partial charge is 0.356 e. The predicted octanol–water partition coefficient (Wildman–Crippen LogP) is 3.60. The maximum atomic E-state index is 13.7. The van der Waals surface area contributed by atoms with E-state index in [4.69, 9.17) is 10.00 Å². The van der Waals surface area contributed by atoms with Crippen LogP contribution >= 0.6 is 0 Å². The van der Waals surface area contributed by atoms with E-state index in [1.54, 1.807) is 17.9 Å². The second-order valence-electron chi connectivity index (χ2n) is 8.48. The Morgan fingerprint density at radius 3 is 2.52 bits per heavy atom. The number of anilines is 1. The van der Waals surface area contributed by atoms with Gasteiger partial charge in [-0.3, -0.25) is 4.79 Å². The van der Waals surface area contributed by atoms with Crippen LogP contribution in [-0.4, -0.2) is 40.7 Å². The van der Waals surface area contributed by atoms with Crippen molar-refractivity contribution in [3.05, 3.63) is 58.8 Å². The molecule has 3 fully saturated rings. The van der Waals surface area contributed by atoms with E-state index >= 15 is 0 Å². The van der Waals surface area contributed by atoms with Crippen LogP contribution in [0.15, 0.2) is 30.3 Å². The topological polar surface area (TPSA) is 69.5 Å². The molecule has 3 aliphatic rings. The summed E-state index contributed by atoms with van der Waals surface area (Å²) in [6.45, 7) is 3.01. The van der Waals surface area contributed by atoms with Crippen LogP contribution in [0.2, 0.25) is 0 Å². The number of amides is 1. The van der Waals surface area contributed by atoms with E-state index in [9.17, 15) is 13.6 Å². The van der Waals surface area contributed by atoms with Gasteiger partial charge in [-0.05, 0) is 49.6 Å². The second kappa shape index (κ2) is 7.27. The number of nitrogens with zero attached hydrogens (tertiary/aromatic N) is 4. The maximum absolute atomic E-state index is 13.7. The number of hydrogen-bond acceptors (Lipinski definition) is 5. The fourth-order valence-electron chi connectivity index (χ4n) is 5.08. The summed E-state index contributed by atoms with van der Waals surface area (Å²) in [5.74, 6) is -0.586. The molecular formula is C23H22F2N4O2. The van der Waals surface area contributed by atoms with E-state index in [1.165, 1.54) is 12.1 Å². The maximum Gasteiger partial charge on any atom is 0.257 e. The van der Waals surface area contributed by atoms with Crippen LogP contribution in [-0.2, 0) is 9.53 Å². The molecular weight excluding hydrogens is 402 g/mol. The van der Waals surface area contributed by atoms with Gasteiger partial charge >= 0.3 is 0 Å². The molecule has 2 unspecified atom stereocenters. The number of carbonyl (C=O) groups excluding carboxylic acids is 1. The Morgan fingerprint density at radius 1 is 1.16 bits per heavy atom. The van der Waals surface area contributed by atoms with E-state index in [-0.39, 0.29) is 18.2 Å². The number of hydrogen-bond donors (Lipinski definition) is 0. The molecule has 1 aromatic carbocycles. The molecule has 3 aliphatic heterocycles. The van der Waals surface area contributed by atoms with Crippen molar-refractivity contribution < 1.29 is 18.3 Å². The van der Waals surface area contributed by atoms with Gasteiger partial charge in [-0.2, -0.15) is 5.26 Å². The van der Waals surface area contributed by atoms with Gasteiger partial charge in [0.05, 0.1) is 17.3 Å². The van der Waals surface area contributed by atoms with Crippen LogP contribution in [0.25, 0.3) is 0 Å². The van der Waals surface area contributed by atoms with Crippen molar-refractivity contribution in [2.75, 3.05) is 18.0 Å². The van der Waals surface area contributed by atoms with Crippen LogP contribution in [0.5, 0.6) is 0 Å². The van der Waals surface area contributed by atoms with Crippen LogP contribution < -0.4 is 4.90 Å². The minimum absolute atomic E-state index is 0.0895. The third kappa shape index (κ3) is 3.24. The second-order valence-corrected chi connectivity index (χ2v) is 8.48. The van der Waals surface area contributed by atoms with Crippen LogP contribution in [0.4, 0.5) is 14.6 Å². The van der Waals surface area contributed by atoms with Gasteiger partial charge in [-0.15, -0.1) is 0 Å². The van der Waals surface area contributed by atoms with Crippen molar-refractivity contribution >= 4 is 11.7 Å². The smallest absolute Gasteiger partial charge is 0.257 e. The summed E-state index contributed by atoms with van der Waals surface area (Å²) in [5, 5.41) is 9.10. The van der Waals surface area contributed by atoms with Gasteiger partial charge < -0.3 is 14.5 Å². The molecule has 0 saturated carbocycles. The molecule has 4 heterocycles. The molecule has 0 N–H and O–H groups in total. The molecule has 5 rings (SSSR count). The average molecular weight is 424 g/mol. The molecule has 0 aliphatic carbocycles. The van der Waals surface area contributed by atoms with Crippen LogP contribution in [0.3, 0.4) is 0 Å². The number of ether oxygens (including phenoxy) is 1. The summed E-state index contributed by atoms with van der Waals surface area (Å²) in [4.78, 5) is 21.7. The van der Waals surface area contributed by atoms with Gasteiger partial charge in [-0.1, -0.05) is 0 Å². The quantitative estimate of drug-likeness (QED) is 0.737. The van der Waals surface area contributed by atoms with Gasteiger partial charge in [0.15, 0.2) is 5.60 Å². The first kappa shape index (κ1) is 19.9. The van der Waals surface area contributed by atoms with E-state index in [0.29, 0.717) is 55.6 Å². The van der Waals surface area contributed by atoms with Crippen molar-refractivity contribution in [3.8, 4) is 6.07 Å². The lowest BCUT2D eigenvalue weighted by molar-refractivity contribution is -0.140. The Morgan fingerprint density at radius 2 is 1.87 bits per heavy atom. The summed E-state index contributed by atoms with van der Waals surface area (Å²) in [6.07, 6.45) is 1.95. The van der Waals surface area contributed by atoms with Crippen LogP contribution in [0, 0.1) is 29.9 Å². The minimum atomic E-state index is -0.895. The summed E-state index contributed by atoms with van der Waals surface area (Å²) in [7, 11) is 0. The van der Waals surface area contributed by atoms with Crippen molar-refractivity contribution in [2.45, 2.75) is 50.5 Å². The molecule has 1 aromatic heterocycles. The molecule has 31 heavy (non-hydrogen) atoms. The highest BCUT2D eigenvalue weighted by molar-refractivity contribution is 5.88. The summed E-state index contributed by atoms with van der Waals surface area (Å²) < 4.78 is 33.8. The fraction of sp³-hybridized carbons (Fsp3) is 0.435. The van der Waals surface area contributed by atoms with Gasteiger partial charge in [0.25, 0.3) is 5.91 Å². The third-order valence-electron chi connectivity index (χ3n) is 6.68. The van der Waals surface area contributed by atoms with Crippen LogP contribution in [0.1, 0.15) is 48.5 Å². The first-order valence-corrected chi connectivity index (χ1v) is 10.5. The number of benzene rings is 1. The molecule has 160 valence electrons. The highest BCUT2D eigenvalue weighted by Crippen LogP contribution is 2.48. The number of aromatic nitrogens is 1. The third-order valence-corrected chi connectivity index (χ3v) is 6.68. The minimum Gasteiger partial charge on any atom is -0.356 e. The van der Waals surface area contributed by atoms with Gasteiger partial charge in [-0.25, -0.2) is 13.8 Å². The van der Waals surface area contributed by atoms with E-state index in [1.807, 2.05) is 6.07 Å². The Balaban J connectivity index is 1.33. The number of aryl methyl sites for hydroxylation is 1. The molecule has 2 atom stereocenters. The molecule has 6 nitrogen and oxygen atoms in total. The number of piperidine rings is 1. The zero-order valence-corrected chi connectivity index (χ0v) is 17.1. The van der Waals surface area contributed by atoms with Crippen molar-refractivity contribution in [1.29, 1.82) is 5.26 Å². The monoisotopic (exact) mass is 424 g/mol. The molecule has 3 saturated heterocycles. The SMILES string of the molecule is Cc1nc(N2CCC3(CC2)OC2CCC(c4cc(F)cc(F)c4)N2C3=O)ccc1C#N. The molecule has 1 spiro atoms. The Hall–Kier alpha value is -3.05. The van der Waals surface area contributed by atoms with Gasteiger partial charge in [0.1, 0.15) is 29.7 Å². The molecule has 8 heteroatoms. The Kier molecular flexibility index (Phi) is 4.67. The summed E-state index contributed by atoms with van der Waals surface area (Å²) in [5.41, 5.74) is 0.808. The highest BCUT2D eigenvalue weighted by Gasteiger charge is 2.58. The lowest BCUT2D eigenvalue weighted by Crippen LogP contribution is -2.50. The number of nitriles is 1. The van der Waals surface area contributed by atoms with Crippen molar-refractivity contribution in [2.24, 2.45) is 0 Å².